The van der Waals surface area contributed by atoms with Gasteiger partial charge >= 0.3 is 5.97 Å². The second-order valence-corrected chi connectivity index (χ2v) is 11.2. The second-order valence-electron chi connectivity index (χ2n) is 11.2. The van der Waals surface area contributed by atoms with Gasteiger partial charge in [-0.3, -0.25) is 9.20 Å². The van der Waals surface area contributed by atoms with Crippen molar-refractivity contribution in [3.8, 4) is 11.3 Å². The lowest BCUT2D eigenvalue weighted by Crippen LogP contribution is -2.48. The Bertz CT molecular complexity index is 1700. The Morgan fingerprint density at radius 2 is 1.90 bits per heavy atom. The molecular formula is C34H38N6O2. The second kappa shape index (κ2) is 12.3. The number of aromatic nitrogens is 4. The number of benzene rings is 1. The quantitative estimate of drug-likeness (QED) is 0.326. The van der Waals surface area contributed by atoms with Crippen molar-refractivity contribution >= 4 is 29.5 Å². The number of anilines is 1. The fourth-order valence-corrected chi connectivity index (χ4v) is 6.33. The van der Waals surface area contributed by atoms with Crippen LogP contribution in [0.1, 0.15) is 50.0 Å². The van der Waals surface area contributed by atoms with E-state index in [1.807, 2.05) is 43.5 Å². The van der Waals surface area contributed by atoms with Crippen molar-refractivity contribution in [1.29, 1.82) is 0 Å². The number of ether oxygens (including phenoxy) is 1. The number of hydrogen-bond acceptors (Lipinski definition) is 7. The van der Waals surface area contributed by atoms with Crippen LogP contribution in [0.15, 0.2) is 67.5 Å². The van der Waals surface area contributed by atoms with Crippen molar-refractivity contribution in [2.45, 2.75) is 51.0 Å². The molecule has 3 aromatic heterocycles. The minimum Gasteiger partial charge on any atom is -0.466 e. The normalized spacial score (nSPS) is 20.5. The molecule has 42 heavy (non-hydrogen) atoms. The van der Waals surface area contributed by atoms with Crippen LogP contribution in [0.25, 0.3) is 28.9 Å². The highest BCUT2D eigenvalue weighted by Gasteiger charge is 2.39. The van der Waals surface area contributed by atoms with E-state index in [1.54, 1.807) is 12.3 Å². The Morgan fingerprint density at radius 1 is 1.12 bits per heavy atom. The van der Waals surface area contributed by atoms with E-state index < -0.39 is 0 Å². The zero-order chi connectivity index (χ0) is 29.1. The van der Waals surface area contributed by atoms with Gasteiger partial charge in [-0.2, -0.15) is 0 Å². The maximum absolute atomic E-state index is 12.1. The van der Waals surface area contributed by atoms with E-state index >= 15 is 0 Å². The Kier molecular flexibility index (Phi) is 8.15. The Hall–Kier alpha value is -4.30. The van der Waals surface area contributed by atoms with Crippen LogP contribution in [-0.2, 0) is 16.0 Å². The number of imidazole rings is 1. The van der Waals surface area contributed by atoms with Crippen LogP contribution in [0, 0.1) is 5.92 Å². The van der Waals surface area contributed by atoms with Crippen molar-refractivity contribution in [3.05, 3.63) is 89.6 Å². The summed E-state index contributed by atoms with van der Waals surface area (Å²) >= 11 is 0. The van der Waals surface area contributed by atoms with Crippen LogP contribution in [0.5, 0.6) is 0 Å². The highest BCUT2D eigenvalue weighted by molar-refractivity contribution is 5.72. The summed E-state index contributed by atoms with van der Waals surface area (Å²) in [4.78, 5) is 29.2. The molecule has 6 rings (SSSR count). The van der Waals surface area contributed by atoms with Crippen LogP contribution in [0.2, 0.25) is 0 Å². The number of carbonyl (C=O) groups excluding carboxylic acids is 1. The smallest absolute Gasteiger partial charge is 0.309 e. The molecule has 4 heterocycles. The molecule has 2 N–H and O–H groups in total. The van der Waals surface area contributed by atoms with Gasteiger partial charge in [0.25, 0.3) is 0 Å². The molecule has 8 heteroatoms. The lowest BCUT2D eigenvalue weighted by Gasteiger charge is -2.45. The number of nitrogen functional groups attached to an aromatic ring is 1. The molecule has 1 saturated carbocycles. The number of nitrogens with zero attached hydrogens (tertiary/aromatic N) is 5. The standard InChI is InChI=1S/C34H38N6O2/c1-3-8-23-11-12-28(24-9-6-5-7-10-24)37-29(23)13-14-30-31-32(35)36-17-20-40(31)33(38-30)26-21-27(22-26)39-18-15-25(16-19-39)34(41)42-4-2/h3,5-13,17,20,25-27H,1,4,14-16,18-19,21-22H2,2H3,(H2,35,36)/b23-8-,29-13+/t26-,27+. The van der Waals surface area contributed by atoms with Gasteiger partial charge in [0.15, 0.2) is 0 Å². The average Bonchev–Trinajstić information content (AvgIpc) is 3.36. The van der Waals surface area contributed by atoms with Crippen LogP contribution in [0.3, 0.4) is 0 Å². The molecule has 2 aliphatic rings. The third-order valence-electron chi connectivity index (χ3n) is 8.64. The monoisotopic (exact) mass is 562 g/mol. The number of nitrogens with two attached hydrogens (primary N) is 1. The Morgan fingerprint density at radius 3 is 2.64 bits per heavy atom. The molecule has 0 spiro atoms. The lowest BCUT2D eigenvalue weighted by molar-refractivity contribution is -0.150. The summed E-state index contributed by atoms with van der Waals surface area (Å²) < 4.78 is 7.37. The molecular weight excluding hydrogens is 524 g/mol. The van der Waals surface area contributed by atoms with Crippen molar-refractivity contribution in [3.63, 3.8) is 0 Å². The molecule has 4 aromatic rings. The third-order valence-corrected chi connectivity index (χ3v) is 8.64. The van der Waals surface area contributed by atoms with Gasteiger partial charge in [-0.05, 0) is 57.0 Å². The summed E-state index contributed by atoms with van der Waals surface area (Å²) in [5, 5.41) is 1.89. The first-order valence-corrected chi connectivity index (χ1v) is 14.9. The topological polar surface area (TPSA) is 98.6 Å². The maximum Gasteiger partial charge on any atom is 0.309 e. The van der Waals surface area contributed by atoms with E-state index in [2.05, 4.69) is 45.1 Å². The third kappa shape index (κ3) is 5.59. The number of carbonyl (C=O) groups is 1. The summed E-state index contributed by atoms with van der Waals surface area (Å²) in [6.07, 6.45) is 14.0. The number of piperidine rings is 1. The molecule has 1 aliphatic heterocycles. The molecule has 8 nitrogen and oxygen atoms in total. The zero-order valence-electron chi connectivity index (χ0n) is 24.2. The Labute approximate surface area is 246 Å². The predicted octanol–water partition coefficient (Wildman–Crippen LogP) is 3.88. The van der Waals surface area contributed by atoms with Crippen molar-refractivity contribution < 1.29 is 9.53 Å². The van der Waals surface area contributed by atoms with Gasteiger partial charge in [-0.1, -0.05) is 61.2 Å². The summed E-state index contributed by atoms with van der Waals surface area (Å²) in [5.74, 6) is 1.88. The van der Waals surface area contributed by atoms with E-state index in [9.17, 15) is 4.79 Å². The fraction of sp³-hybridized carbons (Fsp3) is 0.353. The minimum absolute atomic E-state index is 0.0371. The van der Waals surface area contributed by atoms with Crippen molar-refractivity contribution in [1.82, 2.24) is 24.3 Å². The largest absolute Gasteiger partial charge is 0.466 e. The molecule has 0 unspecified atom stereocenters. The SMILES string of the molecule is C=C/C=c1/ccc(-c2ccccc2)n/c1=C/Cc1nc([C@H]2C[C@@H](N3CCC(C(=O)OCC)CC3)C2)n2ccnc(N)c12. The fourth-order valence-electron chi connectivity index (χ4n) is 6.33. The van der Waals surface area contributed by atoms with E-state index in [0.717, 1.165) is 77.6 Å². The van der Waals surface area contributed by atoms with E-state index in [0.29, 0.717) is 30.8 Å². The lowest BCUT2D eigenvalue weighted by atomic mass is 9.77. The van der Waals surface area contributed by atoms with Gasteiger partial charge < -0.3 is 15.4 Å². The van der Waals surface area contributed by atoms with Crippen molar-refractivity contribution in [2.75, 3.05) is 25.4 Å². The molecule has 0 amide bonds. The molecule has 0 atom stereocenters. The number of hydrogen-bond donors (Lipinski definition) is 1. The number of allylic oxidation sites excluding steroid dienone is 1. The molecule has 0 bridgehead atoms. The van der Waals surface area contributed by atoms with Crippen LogP contribution in [-0.4, -0.2) is 56.0 Å². The number of pyridine rings is 1. The van der Waals surface area contributed by atoms with E-state index in [-0.39, 0.29) is 11.9 Å². The molecule has 1 aromatic carbocycles. The number of esters is 1. The molecule has 0 radical (unpaired) electrons. The van der Waals surface area contributed by atoms with Crippen LogP contribution >= 0.6 is 0 Å². The maximum atomic E-state index is 12.1. The van der Waals surface area contributed by atoms with E-state index in [4.69, 9.17) is 20.4 Å². The van der Waals surface area contributed by atoms with Gasteiger partial charge in [0.1, 0.15) is 17.2 Å². The van der Waals surface area contributed by atoms with Gasteiger partial charge in [-0.15, -0.1) is 0 Å². The minimum atomic E-state index is -0.0421. The molecule has 2 fully saturated rings. The first-order chi connectivity index (χ1) is 20.6. The molecule has 1 aliphatic carbocycles. The number of likely N-dealkylation sites (tertiary alicyclic amines) is 1. The number of fused-ring (bicyclic) bond motifs is 1. The van der Waals surface area contributed by atoms with Gasteiger partial charge in [0.05, 0.1) is 29.3 Å². The van der Waals surface area contributed by atoms with E-state index in [1.165, 1.54) is 0 Å². The van der Waals surface area contributed by atoms with Crippen LogP contribution < -0.4 is 16.3 Å². The van der Waals surface area contributed by atoms with Crippen LogP contribution in [0.4, 0.5) is 5.82 Å². The van der Waals surface area contributed by atoms with Gasteiger partial charge in [-0.25, -0.2) is 15.0 Å². The van der Waals surface area contributed by atoms with Gasteiger partial charge in [0.2, 0.25) is 0 Å². The summed E-state index contributed by atoms with van der Waals surface area (Å²) in [6, 6.07) is 14.8. The Balaban J connectivity index is 1.23. The summed E-state index contributed by atoms with van der Waals surface area (Å²) in [5.41, 5.74) is 10.2. The highest BCUT2D eigenvalue weighted by Crippen LogP contribution is 2.41. The summed E-state index contributed by atoms with van der Waals surface area (Å²) in [6.45, 7) is 8.09. The zero-order valence-corrected chi connectivity index (χ0v) is 24.2. The predicted molar refractivity (Wildman–Crippen MR) is 166 cm³/mol. The van der Waals surface area contributed by atoms with Crippen molar-refractivity contribution in [2.24, 2.45) is 5.92 Å². The molecule has 1 saturated heterocycles. The molecule has 216 valence electrons. The average molecular weight is 563 g/mol. The first kappa shape index (κ1) is 27.8. The summed E-state index contributed by atoms with van der Waals surface area (Å²) in [7, 11) is 0. The first-order valence-electron chi connectivity index (χ1n) is 14.9. The van der Waals surface area contributed by atoms with Gasteiger partial charge in [0, 0.05) is 36.3 Å². The highest BCUT2D eigenvalue weighted by atomic mass is 16.5. The number of rotatable bonds is 8.